The van der Waals surface area contributed by atoms with Crippen LogP contribution in [0.25, 0.3) is 0 Å². The van der Waals surface area contributed by atoms with Crippen molar-refractivity contribution in [2.75, 3.05) is 0 Å². The summed E-state index contributed by atoms with van der Waals surface area (Å²) in [5.41, 5.74) is 2.35. The first-order valence-corrected chi connectivity index (χ1v) is 9.50. The number of thiophene rings is 2. The minimum Gasteiger partial charge on any atom is -0.293 e. The van der Waals surface area contributed by atoms with E-state index in [1.165, 1.54) is 5.56 Å². The molecule has 2 aromatic rings. The molecule has 2 aliphatic carbocycles. The van der Waals surface area contributed by atoms with Gasteiger partial charge < -0.3 is 0 Å². The molecule has 5 heteroatoms. The molecule has 0 spiro atoms. The molecule has 0 bridgehead atoms. The zero-order chi connectivity index (χ0) is 14.7. The number of hydrogen-bond donors (Lipinski definition) is 0. The number of carbonyl (C=O) groups excluding carboxylic acids is 2. The first-order chi connectivity index (χ1) is 10.1. The van der Waals surface area contributed by atoms with E-state index in [1.54, 1.807) is 22.7 Å². The van der Waals surface area contributed by atoms with Crippen LogP contribution in [-0.2, 0) is 19.3 Å². The lowest BCUT2D eigenvalue weighted by atomic mass is 10.00. The number of fused-ring (bicyclic) bond motifs is 2. The van der Waals surface area contributed by atoms with Gasteiger partial charge in [0.1, 0.15) is 0 Å². The van der Waals surface area contributed by atoms with E-state index in [9.17, 15) is 9.59 Å². The van der Waals surface area contributed by atoms with Crippen LogP contribution in [0.2, 0.25) is 0 Å². The average molecular weight is 381 g/mol. The maximum absolute atomic E-state index is 12.4. The van der Waals surface area contributed by atoms with Crippen LogP contribution in [-0.4, -0.2) is 11.6 Å². The smallest absolute Gasteiger partial charge is 0.176 e. The van der Waals surface area contributed by atoms with Crippen LogP contribution in [0, 0.1) is 11.8 Å². The Labute approximate surface area is 139 Å². The number of ketones is 2. The van der Waals surface area contributed by atoms with Gasteiger partial charge in [-0.15, -0.1) is 22.7 Å². The van der Waals surface area contributed by atoms with E-state index < -0.39 is 0 Å². The Hall–Kier alpha value is -0.780. The lowest BCUT2D eigenvalue weighted by Gasteiger charge is -2.08. The topological polar surface area (TPSA) is 34.1 Å². The van der Waals surface area contributed by atoms with Gasteiger partial charge in [-0.05, 0) is 57.8 Å². The van der Waals surface area contributed by atoms with E-state index in [0.717, 1.165) is 43.9 Å². The largest absolute Gasteiger partial charge is 0.293 e. The van der Waals surface area contributed by atoms with E-state index in [1.807, 2.05) is 12.3 Å². The van der Waals surface area contributed by atoms with E-state index >= 15 is 0 Å². The molecule has 2 heterocycles. The molecule has 0 N–H and O–H groups in total. The Balaban J connectivity index is 1.62. The van der Waals surface area contributed by atoms with Gasteiger partial charge in [0.2, 0.25) is 0 Å². The Morgan fingerprint density at radius 3 is 2.76 bits per heavy atom. The standard InChI is InChI=1S/C16H13BrO2S2/c1-7-4-10-12(17)11(21-16(10)13(7)18)6-9-5-8-2-3-20-15(8)14(9)19/h2-3,7,9H,4-6H2,1H3. The second-order valence-electron chi connectivity index (χ2n) is 5.86. The molecule has 2 unspecified atom stereocenters. The fourth-order valence-corrected chi connectivity index (χ4v) is 6.48. The SMILES string of the molecule is CC1Cc2c(sc(CC3Cc4ccsc4C3=O)c2Br)C1=O. The van der Waals surface area contributed by atoms with Crippen molar-refractivity contribution in [2.24, 2.45) is 11.8 Å². The Morgan fingerprint density at radius 1 is 1.24 bits per heavy atom. The van der Waals surface area contributed by atoms with Crippen molar-refractivity contribution in [1.82, 2.24) is 0 Å². The summed E-state index contributed by atoms with van der Waals surface area (Å²) < 4.78 is 1.07. The van der Waals surface area contributed by atoms with Gasteiger partial charge in [-0.25, -0.2) is 0 Å². The van der Waals surface area contributed by atoms with Crippen molar-refractivity contribution in [3.05, 3.63) is 41.7 Å². The number of carbonyl (C=O) groups is 2. The molecule has 108 valence electrons. The highest BCUT2D eigenvalue weighted by molar-refractivity contribution is 9.10. The average Bonchev–Trinajstić information content (AvgIpc) is 3.15. The molecule has 0 saturated carbocycles. The number of halogens is 1. The zero-order valence-electron chi connectivity index (χ0n) is 11.4. The summed E-state index contributed by atoms with van der Waals surface area (Å²) in [6.45, 7) is 1.99. The third-order valence-electron chi connectivity index (χ3n) is 4.43. The second kappa shape index (κ2) is 4.86. The van der Waals surface area contributed by atoms with Crippen LogP contribution in [0.3, 0.4) is 0 Å². The molecule has 2 nitrogen and oxygen atoms in total. The molecular formula is C16H13BrO2S2. The first kappa shape index (κ1) is 13.9. The van der Waals surface area contributed by atoms with Crippen LogP contribution in [0.4, 0.5) is 0 Å². The summed E-state index contributed by atoms with van der Waals surface area (Å²) in [4.78, 5) is 27.5. The van der Waals surface area contributed by atoms with Crippen molar-refractivity contribution in [1.29, 1.82) is 0 Å². The third kappa shape index (κ3) is 2.01. The summed E-state index contributed by atoms with van der Waals surface area (Å²) in [5, 5.41) is 1.99. The molecule has 4 rings (SSSR count). The van der Waals surface area contributed by atoms with Crippen molar-refractivity contribution in [2.45, 2.75) is 26.2 Å². The molecule has 0 radical (unpaired) electrons. The summed E-state index contributed by atoms with van der Waals surface area (Å²) in [6.07, 6.45) is 2.42. The first-order valence-electron chi connectivity index (χ1n) is 7.01. The van der Waals surface area contributed by atoms with Gasteiger partial charge in [-0.3, -0.25) is 9.59 Å². The van der Waals surface area contributed by atoms with Gasteiger partial charge in [0.05, 0.1) is 9.75 Å². The van der Waals surface area contributed by atoms with Crippen LogP contribution in [0.15, 0.2) is 15.9 Å². The molecule has 2 atom stereocenters. The fraction of sp³-hybridized carbons (Fsp3) is 0.375. The highest BCUT2D eigenvalue weighted by Crippen LogP contribution is 2.43. The Morgan fingerprint density at radius 2 is 2.05 bits per heavy atom. The van der Waals surface area contributed by atoms with E-state index in [2.05, 4.69) is 22.0 Å². The highest BCUT2D eigenvalue weighted by Gasteiger charge is 2.36. The fourth-order valence-electron chi connectivity index (χ4n) is 3.28. The van der Waals surface area contributed by atoms with Crippen LogP contribution in [0.1, 0.15) is 42.3 Å². The number of rotatable bonds is 2. The predicted octanol–water partition coefficient (Wildman–Crippen LogP) is 4.54. The minimum atomic E-state index is 0.0510. The molecule has 2 aromatic heterocycles. The van der Waals surface area contributed by atoms with Gasteiger partial charge in [0, 0.05) is 21.2 Å². The molecule has 0 fully saturated rings. The zero-order valence-corrected chi connectivity index (χ0v) is 14.7. The van der Waals surface area contributed by atoms with Gasteiger partial charge in [0.25, 0.3) is 0 Å². The van der Waals surface area contributed by atoms with Crippen LogP contribution >= 0.6 is 38.6 Å². The molecular weight excluding hydrogens is 368 g/mol. The predicted molar refractivity (Wildman–Crippen MR) is 88.8 cm³/mol. The minimum absolute atomic E-state index is 0.0510. The van der Waals surface area contributed by atoms with Gasteiger partial charge in [0.15, 0.2) is 11.6 Å². The second-order valence-corrected chi connectivity index (χ2v) is 8.67. The van der Waals surface area contributed by atoms with Gasteiger partial charge in [-0.2, -0.15) is 0 Å². The molecule has 0 aromatic carbocycles. The highest BCUT2D eigenvalue weighted by atomic mass is 79.9. The normalized spacial score (nSPS) is 23.7. The number of Topliss-reactive ketones (excluding diaryl/α,β-unsaturated/α-hetero) is 2. The lowest BCUT2D eigenvalue weighted by molar-refractivity contribution is 0.0937. The van der Waals surface area contributed by atoms with Crippen molar-refractivity contribution in [3.8, 4) is 0 Å². The van der Waals surface area contributed by atoms with Crippen molar-refractivity contribution >= 4 is 50.2 Å². The monoisotopic (exact) mass is 380 g/mol. The third-order valence-corrected chi connectivity index (χ3v) is 7.89. The quantitative estimate of drug-likeness (QED) is 0.765. The Bertz CT molecular complexity index is 771. The molecule has 0 amide bonds. The van der Waals surface area contributed by atoms with E-state index in [4.69, 9.17) is 0 Å². The summed E-state index contributed by atoms with van der Waals surface area (Å²) >= 11 is 6.80. The van der Waals surface area contributed by atoms with Crippen LogP contribution in [0.5, 0.6) is 0 Å². The van der Waals surface area contributed by atoms with E-state index in [0.29, 0.717) is 0 Å². The van der Waals surface area contributed by atoms with E-state index in [-0.39, 0.29) is 23.4 Å². The lowest BCUT2D eigenvalue weighted by Crippen LogP contribution is -2.11. The van der Waals surface area contributed by atoms with Crippen LogP contribution < -0.4 is 0 Å². The summed E-state index contributed by atoms with van der Waals surface area (Å²) in [6, 6.07) is 2.06. The van der Waals surface area contributed by atoms with Gasteiger partial charge in [-0.1, -0.05) is 6.92 Å². The molecule has 0 aliphatic heterocycles. The Kier molecular flexibility index (Phi) is 3.21. The van der Waals surface area contributed by atoms with Crippen molar-refractivity contribution in [3.63, 3.8) is 0 Å². The summed E-state index contributed by atoms with van der Waals surface area (Å²) in [7, 11) is 0. The molecule has 21 heavy (non-hydrogen) atoms. The maximum Gasteiger partial charge on any atom is 0.176 e. The summed E-state index contributed by atoms with van der Waals surface area (Å²) in [5.74, 6) is 0.700. The maximum atomic E-state index is 12.4. The van der Waals surface area contributed by atoms with Gasteiger partial charge >= 0.3 is 0 Å². The number of hydrogen-bond acceptors (Lipinski definition) is 4. The van der Waals surface area contributed by atoms with Crippen molar-refractivity contribution < 1.29 is 9.59 Å². The molecule has 0 saturated heterocycles. The molecule has 2 aliphatic rings.